The highest BCUT2D eigenvalue weighted by atomic mass is 79.9. The summed E-state index contributed by atoms with van der Waals surface area (Å²) in [4.78, 5) is 31.4. The first-order chi connectivity index (χ1) is 17.4. The molecule has 36 heavy (non-hydrogen) atoms. The lowest BCUT2D eigenvalue weighted by atomic mass is 9.89. The van der Waals surface area contributed by atoms with E-state index in [0.717, 1.165) is 28.7 Å². The molecule has 4 rings (SSSR count). The topological polar surface area (TPSA) is 71.5 Å². The Kier molecular flexibility index (Phi) is 8.36. The zero-order valence-corrected chi connectivity index (χ0v) is 22.0. The van der Waals surface area contributed by atoms with E-state index in [1.807, 2.05) is 30.3 Å². The van der Waals surface area contributed by atoms with Gasteiger partial charge in [0.15, 0.2) is 0 Å². The molecule has 1 fully saturated rings. The molecule has 0 aliphatic carbocycles. The van der Waals surface area contributed by atoms with Gasteiger partial charge in [-0.25, -0.2) is 4.39 Å². The number of aromatic nitrogens is 1. The fourth-order valence-corrected chi connectivity index (χ4v) is 4.91. The molecule has 0 bridgehead atoms. The molecule has 1 aromatic heterocycles. The molecule has 0 unspecified atom stereocenters. The van der Waals surface area contributed by atoms with Gasteiger partial charge in [0.2, 0.25) is 5.91 Å². The molecule has 1 N–H and O–H groups in total. The molecule has 0 spiro atoms. The van der Waals surface area contributed by atoms with Gasteiger partial charge in [-0.3, -0.25) is 14.6 Å². The summed E-state index contributed by atoms with van der Waals surface area (Å²) in [7, 11) is 1.59. The molecule has 0 saturated carbocycles. The predicted octanol–water partition coefficient (Wildman–Crippen LogP) is 5.89. The number of pyridine rings is 1. The van der Waals surface area contributed by atoms with Gasteiger partial charge in [-0.05, 0) is 73.2 Å². The third-order valence-electron chi connectivity index (χ3n) is 6.67. The van der Waals surface area contributed by atoms with Gasteiger partial charge in [-0.15, -0.1) is 0 Å². The number of ether oxygens (including phenoxy) is 1. The van der Waals surface area contributed by atoms with Gasteiger partial charge in [0.1, 0.15) is 11.6 Å². The molecule has 3 aromatic rings. The maximum atomic E-state index is 14.4. The van der Waals surface area contributed by atoms with Crippen LogP contribution in [-0.4, -0.2) is 41.9 Å². The van der Waals surface area contributed by atoms with Gasteiger partial charge >= 0.3 is 0 Å². The highest BCUT2D eigenvalue weighted by Crippen LogP contribution is 2.31. The predicted molar refractivity (Wildman–Crippen MR) is 141 cm³/mol. The first-order valence-corrected chi connectivity index (χ1v) is 12.8. The molecule has 8 heteroatoms. The number of likely N-dealkylation sites (tertiary alicyclic amines) is 1. The maximum absolute atomic E-state index is 14.4. The molecular formula is C28H29BrFN3O3. The Morgan fingerprint density at radius 1 is 1.14 bits per heavy atom. The second-order valence-corrected chi connectivity index (χ2v) is 9.77. The van der Waals surface area contributed by atoms with E-state index in [1.54, 1.807) is 37.3 Å². The normalized spacial score (nSPS) is 13.9. The van der Waals surface area contributed by atoms with Crippen LogP contribution in [-0.2, 0) is 11.2 Å². The number of methoxy groups -OCH3 is 1. The third-order valence-corrected chi connectivity index (χ3v) is 7.53. The fraction of sp³-hybridized carbons (Fsp3) is 0.321. The van der Waals surface area contributed by atoms with Crippen LogP contribution in [0.2, 0.25) is 0 Å². The van der Waals surface area contributed by atoms with Gasteiger partial charge in [-0.2, -0.15) is 0 Å². The Hall–Kier alpha value is -3.26. The van der Waals surface area contributed by atoms with E-state index in [4.69, 9.17) is 4.74 Å². The number of nitrogens with one attached hydrogen (secondary N) is 1. The summed E-state index contributed by atoms with van der Waals surface area (Å²) in [5.74, 6) is 0.159. The van der Waals surface area contributed by atoms with Crippen molar-refractivity contribution in [3.63, 3.8) is 0 Å². The molecule has 1 aliphatic rings. The molecule has 2 aromatic carbocycles. The summed E-state index contributed by atoms with van der Waals surface area (Å²) >= 11 is 3.39. The van der Waals surface area contributed by atoms with E-state index < -0.39 is 5.82 Å². The minimum atomic E-state index is -0.486. The van der Waals surface area contributed by atoms with Crippen LogP contribution in [0, 0.1) is 12.7 Å². The zero-order valence-electron chi connectivity index (χ0n) is 20.4. The van der Waals surface area contributed by atoms with Gasteiger partial charge < -0.3 is 15.0 Å². The Bertz CT molecular complexity index is 1240. The largest absolute Gasteiger partial charge is 0.495 e. The molecule has 2 amide bonds. The summed E-state index contributed by atoms with van der Waals surface area (Å²) in [6.07, 6.45) is 4.10. The average Bonchev–Trinajstić information content (AvgIpc) is 2.90. The number of amides is 2. The molecule has 188 valence electrons. The fourth-order valence-electron chi connectivity index (χ4n) is 4.58. The number of carbonyl (C=O) groups is 2. The van der Waals surface area contributed by atoms with E-state index in [-0.39, 0.29) is 17.4 Å². The second-order valence-electron chi connectivity index (χ2n) is 8.92. The maximum Gasteiger partial charge on any atom is 0.257 e. The van der Waals surface area contributed by atoms with Gasteiger partial charge in [-0.1, -0.05) is 28.1 Å². The summed E-state index contributed by atoms with van der Waals surface area (Å²) < 4.78 is 20.4. The van der Waals surface area contributed by atoms with Gasteiger partial charge in [0, 0.05) is 42.3 Å². The van der Waals surface area contributed by atoms with Crippen LogP contribution in [0.3, 0.4) is 0 Å². The van der Waals surface area contributed by atoms with E-state index in [9.17, 15) is 14.0 Å². The average molecular weight is 554 g/mol. The second kappa shape index (κ2) is 11.6. The lowest BCUT2D eigenvalue weighted by molar-refractivity contribution is -0.116. The van der Waals surface area contributed by atoms with Gasteiger partial charge in [0.25, 0.3) is 5.91 Å². The van der Waals surface area contributed by atoms with Crippen LogP contribution in [0.25, 0.3) is 0 Å². The highest BCUT2D eigenvalue weighted by Gasteiger charge is 2.27. The molecule has 1 saturated heterocycles. The quantitative estimate of drug-likeness (QED) is 0.396. The van der Waals surface area contributed by atoms with Crippen molar-refractivity contribution in [1.82, 2.24) is 9.88 Å². The van der Waals surface area contributed by atoms with Crippen molar-refractivity contribution in [3.8, 4) is 5.75 Å². The highest BCUT2D eigenvalue weighted by molar-refractivity contribution is 9.10. The van der Waals surface area contributed by atoms with E-state index in [1.165, 1.54) is 11.6 Å². The van der Waals surface area contributed by atoms with Crippen LogP contribution in [0.4, 0.5) is 10.1 Å². The van der Waals surface area contributed by atoms with Crippen molar-refractivity contribution in [1.29, 1.82) is 0 Å². The standard InChI is InChI=1S/C28H29BrFN3O3/c1-18-22(29)9-10-23(30)27(18)28(35)33-16-13-20(14-17-33)19-5-7-21(8-6-19)32-26(34)12-11-24-25(36-2)4-3-15-31-24/h3-10,15,20H,11-14,16-17H2,1-2H3,(H,32,34). The van der Waals surface area contributed by atoms with E-state index in [2.05, 4.69) is 26.2 Å². The SMILES string of the molecule is COc1cccnc1CCC(=O)Nc1ccc(C2CCN(C(=O)c3c(F)ccc(Br)c3C)CC2)cc1. The number of anilines is 1. The summed E-state index contributed by atoms with van der Waals surface area (Å²) in [5.41, 5.74) is 3.43. The molecule has 2 heterocycles. The van der Waals surface area contributed by atoms with Crippen molar-refractivity contribution in [2.24, 2.45) is 0 Å². The molecule has 6 nitrogen and oxygen atoms in total. The molecule has 0 atom stereocenters. The number of halogens is 2. The summed E-state index contributed by atoms with van der Waals surface area (Å²) in [6, 6.07) is 14.5. The van der Waals surface area contributed by atoms with Crippen molar-refractivity contribution in [2.75, 3.05) is 25.5 Å². The van der Waals surface area contributed by atoms with Crippen molar-refractivity contribution in [3.05, 3.63) is 87.4 Å². The number of piperidine rings is 1. The summed E-state index contributed by atoms with van der Waals surface area (Å²) in [6.45, 7) is 2.90. The number of hydrogen-bond donors (Lipinski definition) is 1. The zero-order chi connectivity index (χ0) is 25.7. The number of aryl methyl sites for hydroxylation is 1. The minimum absolute atomic E-state index is 0.0858. The van der Waals surface area contributed by atoms with Crippen molar-refractivity contribution < 1.29 is 18.7 Å². The van der Waals surface area contributed by atoms with E-state index >= 15 is 0 Å². The van der Waals surface area contributed by atoms with Crippen LogP contribution < -0.4 is 10.1 Å². The molecular weight excluding hydrogens is 525 g/mol. The number of carbonyl (C=O) groups excluding carboxylic acids is 2. The smallest absolute Gasteiger partial charge is 0.257 e. The van der Waals surface area contributed by atoms with E-state index in [0.29, 0.717) is 43.2 Å². The Balaban J connectivity index is 1.29. The number of benzene rings is 2. The van der Waals surface area contributed by atoms with Crippen LogP contribution in [0.1, 0.15) is 52.4 Å². The Morgan fingerprint density at radius 3 is 2.56 bits per heavy atom. The first kappa shape index (κ1) is 25.8. The Morgan fingerprint density at radius 2 is 1.86 bits per heavy atom. The number of nitrogens with zero attached hydrogens (tertiary/aromatic N) is 2. The van der Waals surface area contributed by atoms with Crippen LogP contribution in [0.15, 0.2) is 59.2 Å². The van der Waals surface area contributed by atoms with Crippen molar-refractivity contribution >= 4 is 33.4 Å². The lowest BCUT2D eigenvalue weighted by Gasteiger charge is -2.33. The van der Waals surface area contributed by atoms with Crippen molar-refractivity contribution in [2.45, 2.75) is 38.5 Å². The lowest BCUT2D eigenvalue weighted by Crippen LogP contribution is -2.38. The number of hydrogen-bond acceptors (Lipinski definition) is 4. The minimum Gasteiger partial charge on any atom is -0.495 e. The molecule has 0 radical (unpaired) electrons. The van der Waals surface area contributed by atoms with Crippen LogP contribution in [0.5, 0.6) is 5.75 Å². The molecule has 1 aliphatic heterocycles. The van der Waals surface area contributed by atoms with Gasteiger partial charge in [0.05, 0.1) is 18.4 Å². The summed E-state index contributed by atoms with van der Waals surface area (Å²) in [5, 5.41) is 2.94. The third kappa shape index (κ3) is 5.93. The van der Waals surface area contributed by atoms with Crippen LogP contribution >= 0.6 is 15.9 Å². The monoisotopic (exact) mass is 553 g/mol. The Labute approximate surface area is 219 Å². The first-order valence-electron chi connectivity index (χ1n) is 12.0. The number of rotatable bonds is 7.